The zero-order valence-electron chi connectivity index (χ0n) is 11.3. The fourth-order valence-electron chi connectivity index (χ4n) is 1.78. The molecule has 1 heterocycles. The Kier molecular flexibility index (Phi) is 4.90. The van der Waals surface area contributed by atoms with Crippen molar-refractivity contribution in [2.75, 3.05) is 0 Å². The zero-order chi connectivity index (χ0) is 15.4. The van der Waals surface area contributed by atoms with Crippen LogP contribution in [0.3, 0.4) is 0 Å². The first-order chi connectivity index (χ1) is 9.99. The summed E-state index contributed by atoms with van der Waals surface area (Å²) < 4.78 is 26.1. The average Bonchev–Trinajstić information content (AvgIpc) is 2.43. The number of aromatic nitrogens is 1. The van der Waals surface area contributed by atoms with Gasteiger partial charge in [0.15, 0.2) is 11.6 Å². The summed E-state index contributed by atoms with van der Waals surface area (Å²) in [4.78, 5) is 15.9. The smallest absolute Gasteiger partial charge is 0.335 e. The van der Waals surface area contributed by atoms with Crippen LogP contribution in [0.15, 0.2) is 40.3 Å². The van der Waals surface area contributed by atoms with Crippen LogP contribution >= 0.6 is 11.8 Å². The molecular formula is C15H13F2NO2S. The Hall–Kier alpha value is -1.95. The second-order valence-corrected chi connectivity index (χ2v) is 5.51. The standard InChI is InChI=1S/C15H13F2NO2S/c1-2-3-10-6-9(15(19)20)7-14(18-10)21-11-4-5-12(16)13(17)8-11/h4-8H,2-3H2,1H3,(H,19,20). The second kappa shape index (κ2) is 6.67. The van der Waals surface area contributed by atoms with Crippen LogP contribution in [0.5, 0.6) is 0 Å². The van der Waals surface area contributed by atoms with Crippen LogP contribution in [0, 0.1) is 11.6 Å². The van der Waals surface area contributed by atoms with Crippen molar-refractivity contribution in [3.8, 4) is 0 Å². The number of rotatable bonds is 5. The minimum atomic E-state index is -1.04. The number of carbonyl (C=O) groups is 1. The molecule has 0 bridgehead atoms. The molecule has 110 valence electrons. The monoisotopic (exact) mass is 309 g/mol. The maximum Gasteiger partial charge on any atom is 0.335 e. The molecule has 1 aromatic carbocycles. The first-order valence-corrected chi connectivity index (χ1v) is 7.18. The van der Waals surface area contributed by atoms with Crippen molar-refractivity contribution in [3.05, 3.63) is 53.2 Å². The SMILES string of the molecule is CCCc1cc(C(=O)O)cc(Sc2ccc(F)c(F)c2)n1. The Morgan fingerprint density at radius 1 is 1.24 bits per heavy atom. The largest absolute Gasteiger partial charge is 0.478 e. The highest BCUT2D eigenvalue weighted by Gasteiger charge is 2.10. The lowest BCUT2D eigenvalue weighted by Crippen LogP contribution is -2.01. The van der Waals surface area contributed by atoms with Crippen molar-refractivity contribution in [2.45, 2.75) is 29.7 Å². The van der Waals surface area contributed by atoms with Crippen LogP contribution < -0.4 is 0 Å². The molecule has 0 saturated heterocycles. The summed E-state index contributed by atoms with van der Waals surface area (Å²) in [6.07, 6.45) is 1.50. The van der Waals surface area contributed by atoms with E-state index in [2.05, 4.69) is 4.98 Å². The Balaban J connectivity index is 2.33. The van der Waals surface area contributed by atoms with Gasteiger partial charge in [0, 0.05) is 10.6 Å². The Morgan fingerprint density at radius 3 is 2.62 bits per heavy atom. The van der Waals surface area contributed by atoms with E-state index in [-0.39, 0.29) is 5.56 Å². The number of carboxylic acid groups (broad SMARTS) is 1. The molecule has 2 aromatic rings. The van der Waals surface area contributed by atoms with Gasteiger partial charge in [-0.2, -0.15) is 0 Å². The Morgan fingerprint density at radius 2 is 2.00 bits per heavy atom. The molecule has 0 unspecified atom stereocenters. The third-order valence-corrected chi connectivity index (χ3v) is 3.63. The van der Waals surface area contributed by atoms with Crippen molar-refractivity contribution in [1.82, 2.24) is 4.98 Å². The van der Waals surface area contributed by atoms with Gasteiger partial charge in [-0.05, 0) is 36.8 Å². The van der Waals surface area contributed by atoms with E-state index in [1.54, 1.807) is 0 Å². The maximum atomic E-state index is 13.2. The quantitative estimate of drug-likeness (QED) is 0.901. The summed E-state index contributed by atoms with van der Waals surface area (Å²) in [5.41, 5.74) is 0.806. The lowest BCUT2D eigenvalue weighted by Gasteiger charge is -2.06. The van der Waals surface area contributed by atoms with E-state index >= 15 is 0 Å². The molecule has 2 rings (SSSR count). The van der Waals surface area contributed by atoms with E-state index in [1.165, 1.54) is 18.2 Å². The number of pyridine rings is 1. The number of nitrogens with zero attached hydrogens (tertiary/aromatic N) is 1. The van der Waals surface area contributed by atoms with Crippen LogP contribution in [0.2, 0.25) is 0 Å². The van der Waals surface area contributed by atoms with Gasteiger partial charge in [0.25, 0.3) is 0 Å². The van der Waals surface area contributed by atoms with Crippen LogP contribution in [-0.2, 0) is 6.42 Å². The predicted molar refractivity (Wildman–Crippen MR) is 75.7 cm³/mol. The number of aromatic carboxylic acids is 1. The molecule has 0 amide bonds. The van der Waals surface area contributed by atoms with Gasteiger partial charge in [0.1, 0.15) is 5.03 Å². The van der Waals surface area contributed by atoms with Gasteiger partial charge < -0.3 is 5.11 Å². The van der Waals surface area contributed by atoms with E-state index in [9.17, 15) is 13.6 Å². The average molecular weight is 309 g/mol. The van der Waals surface area contributed by atoms with Crippen molar-refractivity contribution in [1.29, 1.82) is 0 Å². The van der Waals surface area contributed by atoms with Gasteiger partial charge in [-0.25, -0.2) is 18.6 Å². The van der Waals surface area contributed by atoms with Crippen LogP contribution in [-0.4, -0.2) is 16.1 Å². The van der Waals surface area contributed by atoms with E-state index < -0.39 is 17.6 Å². The van der Waals surface area contributed by atoms with Gasteiger partial charge in [0.2, 0.25) is 0 Å². The number of halogens is 2. The molecular weight excluding hydrogens is 296 g/mol. The Bertz CT molecular complexity index is 677. The molecule has 21 heavy (non-hydrogen) atoms. The topological polar surface area (TPSA) is 50.2 Å². The summed E-state index contributed by atoms with van der Waals surface area (Å²) in [5.74, 6) is -2.90. The van der Waals surface area contributed by atoms with Gasteiger partial charge in [-0.1, -0.05) is 25.1 Å². The maximum absolute atomic E-state index is 13.2. The summed E-state index contributed by atoms with van der Waals surface area (Å²) in [5, 5.41) is 9.55. The number of carboxylic acids is 1. The van der Waals surface area contributed by atoms with E-state index in [4.69, 9.17) is 5.11 Å². The van der Waals surface area contributed by atoms with E-state index in [1.807, 2.05) is 6.92 Å². The minimum absolute atomic E-state index is 0.138. The molecule has 0 saturated carbocycles. The van der Waals surface area contributed by atoms with Gasteiger partial charge in [0.05, 0.1) is 5.56 Å². The molecule has 0 radical (unpaired) electrons. The van der Waals surface area contributed by atoms with Crippen LogP contribution in [0.25, 0.3) is 0 Å². The molecule has 0 aliphatic heterocycles. The number of aryl methyl sites for hydroxylation is 1. The molecule has 6 heteroatoms. The Labute approximate surface area is 125 Å². The lowest BCUT2D eigenvalue weighted by molar-refractivity contribution is 0.0696. The third kappa shape index (κ3) is 4.01. The fraction of sp³-hybridized carbons (Fsp3) is 0.200. The first-order valence-electron chi connectivity index (χ1n) is 6.36. The van der Waals surface area contributed by atoms with Gasteiger partial charge in [-0.15, -0.1) is 0 Å². The molecule has 0 fully saturated rings. The number of hydrogen-bond donors (Lipinski definition) is 1. The van der Waals surface area contributed by atoms with Crippen molar-refractivity contribution < 1.29 is 18.7 Å². The molecule has 3 nitrogen and oxygen atoms in total. The lowest BCUT2D eigenvalue weighted by atomic mass is 10.2. The predicted octanol–water partition coefficient (Wildman–Crippen LogP) is 4.16. The third-order valence-electron chi connectivity index (χ3n) is 2.72. The highest BCUT2D eigenvalue weighted by molar-refractivity contribution is 7.99. The summed E-state index contributed by atoms with van der Waals surface area (Å²) in [6, 6.07) is 6.48. The highest BCUT2D eigenvalue weighted by Crippen LogP contribution is 2.28. The van der Waals surface area contributed by atoms with E-state index in [0.717, 1.165) is 30.3 Å². The molecule has 0 aliphatic carbocycles. The first kappa shape index (κ1) is 15.4. The minimum Gasteiger partial charge on any atom is -0.478 e. The normalized spacial score (nSPS) is 10.6. The van der Waals surface area contributed by atoms with E-state index in [0.29, 0.717) is 22.0 Å². The molecule has 1 N–H and O–H groups in total. The summed E-state index contributed by atoms with van der Waals surface area (Å²) in [6.45, 7) is 1.97. The van der Waals surface area contributed by atoms with Gasteiger partial charge in [-0.3, -0.25) is 0 Å². The molecule has 0 spiro atoms. The summed E-state index contributed by atoms with van der Waals surface area (Å²) in [7, 11) is 0. The number of benzene rings is 1. The zero-order valence-corrected chi connectivity index (χ0v) is 12.1. The second-order valence-electron chi connectivity index (χ2n) is 4.42. The molecule has 0 atom stereocenters. The van der Waals surface area contributed by atoms with Crippen LogP contribution in [0.4, 0.5) is 8.78 Å². The van der Waals surface area contributed by atoms with Crippen molar-refractivity contribution >= 4 is 17.7 Å². The van der Waals surface area contributed by atoms with Crippen molar-refractivity contribution in [2.24, 2.45) is 0 Å². The fourth-order valence-corrected chi connectivity index (χ4v) is 2.67. The number of hydrogen-bond acceptors (Lipinski definition) is 3. The van der Waals surface area contributed by atoms with Gasteiger partial charge >= 0.3 is 5.97 Å². The molecule has 1 aromatic heterocycles. The van der Waals surface area contributed by atoms with Crippen LogP contribution in [0.1, 0.15) is 29.4 Å². The van der Waals surface area contributed by atoms with Crippen molar-refractivity contribution in [3.63, 3.8) is 0 Å². The summed E-state index contributed by atoms with van der Waals surface area (Å²) >= 11 is 1.10. The highest BCUT2D eigenvalue weighted by atomic mass is 32.2. The molecule has 0 aliphatic rings.